The smallest absolute Gasteiger partial charge is 0.0478 e. The van der Waals surface area contributed by atoms with Gasteiger partial charge in [-0.05, 0) is 45.6 Å². The first-order chi connectivity index (χ1) is 7.33. The molecule has 0 aromatic heterocycles. The molecule has 2 nitrogen and oxygen atoms in total. The van der Waals surface area contributed by atoms with E-state index in [0.29, 0.717) is 11.5 Å². The van der Waals surface area contributed by atoms with E-state index in [9.17, 15) is 0 Å². The van der Waals surface area contributed by atoms with E-state index in [1.807, 2.05) is 0 Å². The van der Waals surface area contributed by atoms with Crippen molar-refractivity contribution in [1.82, 2.24) is 4.90 Å². The molecule has 0 fully saturated rings. The van der Waals surface area contributed by atoms with E-state index in [1.165, 1.54) is 12.8 Å². The van der Waals surface area contributed by atoms with Crippen molar-refractivity contribution in [3.05, 3.63) is 0 Å². The fraction of sp³-hybridized carbons (Fsp3) is 1.00. The van der Waals surface area contributed by atoms with Gasteiger partial charge in [0.1, 0.15) is 0 Å². The first-order valence-corrected chi connectivity index (χ1v) is 6.61. The van der Waals surface area contributed by atoms with Crippen LogP contribution < -0.4 is 0 Å². The van der Waals surface area contributed by atoms with E-state index in [1.54, 1.807) is 0 Å². The highest BCUT2D eigenvalue weighted by Crippen LogP contribution is 2.20. The van der Waals surface area contributed by atoms with Gasteiger partial charge in [0.15, 0.2) is 0 Å². The first-order valence-electron chi connectivity index (χ1n) is 6.61. The van der Waals surface area contributed by atoms with E-state index in [-0.39, 0.29) is 0 Å². The molecule has 0 atom stereocenters. The van der Waals surface area contributed by atoms with Gasteiger partial charge >= 0.3 is 0 Å². The second kappa shape index (κ2) is 8.08. The van der Waals surface area contributed by atoms with Crippen LogP contribution in [-0.4, -0.2) is 37.7 Å². The molecule has 0 aliphatic carbocycles. The third kappa shape index (κ3) is 10.4. The van der Waals surface area contributed by atoms with Crippen LogP contribution in [-0.2, 0) is 4.74 Å². The van der Waals surface area contributed by atoms with Crippen LogP contribution in [0.5, 0.6) is 0 Å². The van der Waals surface area contributed by atoms with Gasteiger partial charge in [-0.15, -0.1) is 0 Å². The second-order valence-corrected chi connectivity index (χ2v) is 6.20. The molecule has 0 aliphatic rings. The van der Waals surface area contributed by atoms with Gasteiger partial charge in [0.05, 0.1) is 0 Å². The summed E-state index contributed by atoms with van der Waals surface area (Å²) in [6.45, 7) is 14.3. The summed E-state index contributed by atoms with van der Waals surface area (Å²) in [5, 5.41) is 0. The lowest BCUT2D eigenvalue weighted by molar-refractivity contribution is 0.110. The van der Waals surface area contributed by atoms with Gasteiger partial charge in [0.25, 0.3) is 0 Å². The van der Waals surface area contributed by atoms with Crippen LogP contribution in [0.2, 0.25) is 0 Å². The Bertz CT molecular complexity index is 161. The molecule has 0 saturated heterocycles. The first kappa shape index (κ1) is 15.9. The lowest BCUT2D eigenvalue weighted by Crippen LogP contribution is -2.27. The van der Waals surface area contributed by atoms with Crippen molar-refractivity contribution < 1.29 is 4.74 Å². The number of hydrogen-bond donors (Lipinski definition) is 0. The van der Waals surface area contributed by atoms with Crippen molar-refractivity contribution >= 4 is 0 Å². The van der Waals surface area contributed by atoms with E-state index >= 15 is 0 Å². The maximum absolute atomic E-state index is 5.63. The molecule has 0 saturated carbocycles. The molecular formula is C14H31NO. The largest absolute Gasteiger partial charge is 0.381 e. The molecule has 0 unspecified atom stereocenters. The minimum Gasteiger partial charge on any atom is -0.381 e. The van der Waals surface area contributed by atoms with Gasteiger partial charge < -0.3 is 9.64 Å². The summed E-state index contributed by atoms with van der Waals surface area (Å²) in [5.74, 6) is 0. The monoisotopic (exact) mass is 229 g/mol. The molecule has 0 spiro atoms. The molecule has 0 aromatic carbocycles. The molecule has 0 amide bonds. The summed E-state index contributed by atoms with van der Waals surface area (Å²) in [4.78, 5) is 2.36. The third-order valence-electron chi connectivity index (χ3n) is 2.90. The lowest BCUT2D eigenvalue weighted by atomic mass is 9.91. The molecule has 0 heterocycles. The number of rotatable bonds is 8. The Hall–Kier alpha value is -0.0800. The van der Waals surface area contributed by atoms with Gasteiger partial charge in [-0.2, -0.15) is 0 Å². The van der Waals surface area contributed by atoms with Crippen molar-refractivity contribution in [2.45, 2.75) is 59.9 Å². The van der Waals surface area contributed by atoms with Crippen molar-refractivity contribution in [2.75, 3.05) is 26.8 Å². The number of nitrogens with zero attached hydrogens (tertiary/aromatic N) is 1. The van der Waals surface area contributed by atoms with Crippen molar-refractivity contribution in [1.29, 1.82) is 0 Å². The zero-order valence-corrected chi connectivity index (χ0v) is 12.2. The summed E-state index contributed by atoms with van der Waals surface area (Å²) in [7, 11) is 2.17. The summed E-state index contributed by atoms with van der Waals surface area (Å²) in [6.07, 6.45) is 3.58. The summed E-state index contributed by atoms with van der Waals surface area (Å²) in [5.41, 5.74) is 0.446. The molecule has 16 heavy (non-hydrogen) atoms. The SMILES string of the molecule is CC(C)N(C)CCCOCCCC(C)(C)C. The number of hydrogen-bond acceptors (Lipinski definition) is 2. The Kier molecular flexibility index (Phi) is 8.04. The second-order valence-electron chi connectivity index (χ2n) is 6.20. The lowest BCUT2D eigenvalue weighted by Gasteiger charge is -2.21. The van der Waals surface area contributed by atoms with Gasteiger partial charge in [0, 0.05) is 25.8 Å². The van der Waals surface area contributed by atoms with Crippen LogP contribution in [0.1, 0.15) is 53.9 Å². The number of ether oxygens (including phenoxy) is 1. The predicted molar refractivity (Wildman–Crippen MR) is 71.9 cm³/mol. The third-order valence-corrected chi connectivity index (χ3v) is 2.90. The average Bonchev–Trinajstić information content (AvgIpc) is 2.14. The molecule has 0 rings (SSSR count). The topological polar surface area (TPSA) is 12.5 Å². The minimum absolute atomic E-state index is 0.446. The highest BCUT2D eigenvalue weighted by molar-refractivity contribution is 4.60. The van der Waals surface area contributed by atoms with Crippen LogP contribution in [0.15, 0.2) is 0 Å². The predicted octanol–water partition coefficient (Wildman–Crippen LogP) is 3.56. The van der Waals surface area contributed by atoms with Crippen LogP contribution in [0.3, 0.4) is 0 Å². The Labute approximate surface area is 102 Å². The minimum atomic E-state index is 0.446. The van der Waals surface area contributed by atoms with E-state index in [0.717, 1.165) is 26.2 Å². The molecule has 0 aromatic rings. The van der Waals surface area contributed by atoms with Gasteiger partial charge in [-0.25, -0.2) is 0 Å². The van der Waals surface area contributed by atoms with E-state index < -0.39 is 0 Å². The standard InChI is InChI=1S/C14H31NO/c1-13(2)15(6)10-8-12-16-11-7-9-14(3,4)5/h13H,7-12H2,1-6H3. The van der Waals surface area contributed by atoms with Crippen molar-refractivity contribution in [3.63, 3.8) is 0 Å². The molecule has 98 valence electrons. The fourth-order valence-electron chi connectivity index (χ4n) is 1.48. The van der Waals surface area contributed by atoms with Gasteiger partial charge in [-0.3, -0.25) is 0 Å². The maximum Gasteiger partial charge on any atom is 0.0478 e. The van der Waals surface area contributed by atoms with Crippen molar-refractivity contribution in [2.24, 2.45) is 5.41 Å². The van der Waals surface area contributed by atoms with Crippen LogP contribution in [0.4, 0.5) is 0 Å². The summed E-state index contributed by atoms with van der Waals surface area (Å²) < 4.78 is 5.63. The highest BCUT2D eigenvalue weighted by atomic mass is 16.5. The molecule has 0 radical (unpaired) electrons. The van der Waals surface area contributed by atoms with Crippen LogP contribution in [0, 0.1) is 5.41 Å². The van der Waals surface area contributed by atoms with Crippen LogP contribution >= 0.6 is 0 Å². The maximum atomic E-state index is 5.63. The van der Waals surface area contributed by atoms with Crippen molar-refractivity contribution in [3.8, 4) is 0 Å². The molecule has 0 bridgehead atoms. The molecular weight excluding hydrogens is 198 g/mol. The van der Waals surface area contributed by atoms with E-state index in [4.69, 9.17) is 4.74 Å². The van der Waals surface area contributed by atoms with Gasteiger partial charge in [0.2, 0.25) is 0 Å². The molecule has 0 aliphatic heterocycles. The fourth-order valence-corrected chi connectivity index (χ4v) is 1.48. The Balaban J connectivity index is 3.22. The Morgan fingerprint density at radius 2 is 1.62 bits per heavy atom. The quantitative estimate of drug-likeness (QED) is 0.590. The normalized spacial score (nSPS) is 12.8. The van der Waals surface area contributed by atoms with E-state index in [2.05, 4.69) is 46.6 Å². The Morgan fingerprint density at radius 1 is 1.06 bits per heavy atom. The van der Waals surface area contributed by atoms with Gasteiger partial charge in [-0.1, -0.05) is 20.8 Å². The Morgan fingerprint density at radius 3 is 2.12 bits per heavy atom. The average molecular weight is 229 g/mol. The van der Waals surface area contributed by atoms with Crippen LogP contribution in [0.25, 0.3) is 0 Å². The molecule has 0 N–H and O–H groups in total. The zero-order chi connectivity index (χ0) is 12.6. The summed E-state index contributed by atoms with van der Waals surface area (Å²) in [6, 6.07) is 0.640. The zero-order valence-electron chi connectivity index (χ0n) is 12.2. The highest BCUT2D eigenvalue weighted by Gasteiger charge is 2.08. The summed E-state index contributed by atoms with van der Waals surface area (Å²) >= 11 is 0. The molecule has 2 heteroatoms.